The summed E-state index contributed by atoms with van der Waals surface area (Å²) in [5.41, 5.74) is 0.976. The lowest BCUT2D eigenvalue weighted by atomic mass is 9.92. The predicted molar refractivity (Wildman–Crippen MR) is 88.3 cm³/mol. The molecule has 126 valence electrons. The van der Waals surface area contributed by atoms with Crippen LogP contribution in [0.3, 0.4) is 0 Å². The van der Waals surface area contributed by atoms with Crippen LogP contribution in [0.5, 0.6) is 5.88 Å². The van der Waals surface area contributed by atoms with Crippen LogP contribution < -0.4 is 4.74 Å². The number of aromatic nitrogens is 2. The first-order valence-corrected chi connectivity index (χ1v) is 8.69. The number of rotatable bonds is 4. The fraction of sp³-hybridized carbons (Fsp3) is 0.722. The van der Waals surface area contributed by atoms with Gasteiger partial charge in [0.15, 0.2) is 0 Å². The van der Waals surface area contributed by atoms with Crippen LogP contribution in [0.2, 0.25) is 0 Å². The van der Waals surface area contributed by atoms with Gasteiger partial charge in [0.25, 0.3) is 0 Å². The van der Waals surface area contributed by atoms with E-state index in [1.165, 1.54) is 0 Å². The number of nitrogens with zero attached hydrogens (tertiary/aromatic N) is 3. The van der Waals surface area contributed by atoms with Gasteiger partial charge >= 0.3 is 0 Å². The minimum atomic E-state index is 0.00640. The molecule has 2 heterocycles. The summed E-state index contributed by atoms with van der Waals surface area (Å²) in [7, 11) is 0. The van der Waals surface area contributed by atoms with E-state index in [2.05, 4.69) is 31.0 Å². The van der Waals surface area contributed by atoms with Crippen LogP contribution in [-0.2, 0) is 10.2 Å². The lowest BCUT2D eigenvalue weighted by Gasteiger charge is -2.31. The molecule has 23 heavy (non-hydrogen) atoms. The molecular weight excluding hydrogens is 290 g/mol. The molecule has 1 saturated carbocycles. The van der Waals surface area contributed by atoms with Crippen LogP contribution in [0, 0.1) is 11.8 Å². The topological polar surface area (TPSA) is 55.3 Å². The highest BCUT2D eigenvalue weighted by Crippen LogP contribution is 2.32. The van der Waals surface area contributed by atoms with Crippen molar-refractivity contribution < 1.29 is 9.53 Å². The lowest BCUT2D eigenvalue weighted by Crippen LogP contribution is -2.40. The Labute approximate surface area is 138 Å². The van der Waals surface area contributed by atoms with Crippen molar-refractivity contribution in [2.75, 3.05) is 19.7 Å². The lowest BCUT2D eigenvalue weighted by molar-refractivity contribution is -0.134. The van der Waals surface area contributed by atoms with Gasteiger partial charge in [0.05, 0.1) is 12.3 Å². The van der Waals surface area contributed by atoms with Crippen LogP contribution in [0.25, 0.3) is 0 Å². The second-order valence-corrected chi connectivity index (χ2v) is 7.86. The molecule has 0 radical (unpaired) electrons. The van der Waals surface area contributed by atoms with Crippen LogP contribution in [-0.4, -0.2) is 40.7 Å². The van der Waals surface area contributed by atoms with Gasteiger partial charge in [-0.25, -0.2) is 0 Å². The summed E-state index contributed by atoms with van der Waals surface area (Å²) in [6.07, 6.45) is 4.22. The minimum Gasteiger partial charge on any atom is -0.476 e. The molecule has 1 aromatic heterocycles. The van der Waals surface area contributed by atoms with Gasteiger partial charge in [0.1, 0.15) is 0 Å². The van der Waals surface area contributed by atoms with Gasteiger partial charge in [0.2, 0.25) is 11.8 Å². The third kappa shape index (κ3) is 4.21. The molecule has 2 aliphatic rings. The molecule has 0 atom stereocenters. The summed E-state index contributed by atoms with van der Waals surface area (Å²) in [6, 6.07) is 3.89. The highest BCUT2D eigenvalue weighted by molar-refractivity contribution is 5.81. The SMILES string of the molecule is CC(C)(C)c1ccc(OCC2CCN(C(=O)C3CC3)CC2)nn1. The van der Waals surface area contributed by atoms with Crippen molar-refractivity contribution in [2.24, 2.45) is 11.8 Å². The molecule has 3 rings (SSSR count). The van der Waals surface area contributed by atoms with Gasteiger partial charge in [-0.3, -0.25) is 4.79 Å². The molecule has 1 aliphatic heterocycles. The Morgan fingerprint density at radius 1 is 1.17 bits per heavy atom. The molecule has 1 amide bonds. The first kappa shape index (κ1) is 16.2. The molecule has 0 spiro atoms. The Morgan fingerprint density at radius 2 is 1.87 bits per heavy atom. The van der Waals surface area contributed by atoms with Crippen molar-refractivity contribution in [2.45, 2.75) is 51.9 Å². The van der Waals surface area contributed by atoms with E-state index in [1.54, 1.807) is 0 Å². The van der Waals surface area contributed by atoms with Gasteiger partial charge in [-0.2, -0.15) is 5.10 Å². The number of amides is 1. The van der Waals surface area contributed by atoms with Crippen molar-refractivity contribution in [3.8, 4) is 5.88 Å². The second kappa shape index (κ2) is 6.46. The van der Waals surface area contributed by atoms with Gasteiger partial charge in [-0.1, -0.05) is 20.8 Å². The van der Waals surface area contributed by atoms with E-state index in [1.807, 2.05) is 17.0 Å². The molecule has 1 saturated heterocycles. The Bertz CT molecular complexity index is 538. The van der Waals surface area contributed by atoms with E-state index in [-0.39, 0.29) is 5.41 Å². The van der Waals surface area contributed by atoms with E-state index < -0.39 is 0 Å². The molecule has 5 nitrogen and oxygen atoms in total. The zero-order valence-corrected chi connectivity index (χ0v) is 14.4. The average molecular weight is 317 g/mol. The Kier molecular flexibility index (Phi) is 4.55. The molecule has 5 heteroatoms. The summed E-state index contributed by atoms with van der Waals surface area (Å²) >= 11 is 0. The van der Waals surface area contributed by atoms with E-state index in [0.29, 0.717) is 30.2 Å². The number of hydrogen-bond acceptors (Lipinski definition) is 4. The summed E-state index contributed by atoms with van der Waals surface area (Å²) < 4.78 is 5.79. The van der Waals surface area contributed by atoms with E-state index in [0.717, 1.165) is 44.5 Å². The van der Waals surface area contributed by atoms with Crippen molar-refractivity contribution in [3.05, 3.63) is 17.8 Å². The molecular formula is C18H27N3O2. The maximum Gasteiger partial charge on any atom is 0.233 e. The molecule has 1 aromatic rings. The normalized spacial score (nSPS) is 19.7. The molecule has 1 aliphatic carbocycles. The number of carbonyl (C=O) groups is 1. The van der Waals surface area contributed by atoms with Crippen LogP contribution in [0.15, 0.2) is 12.1 Å². The summed E-state index contributed by atoms with van der Waals surface area (Å²) in [5.74, 6) is 1.80. The van der Waals surface area contributed by atoms with Crippen LogP contribution in [0.4, 0.5) is 0 Å². The predicted octanol–water partition coefficient (Wildman–Crippen LogP) is 2.80. The second-order valence-electron chi connectivity index (χ2n) is 7.86. The van der Waals surface area contributed by atoms with E-state index >= 15 is 0 Å². The summed E-state index contributed by atoms with van der Waals surface area (Å²) in [6.45, 7) is 8.77. The molecule has 0 unspecified atom stereocenters. The molecule has 2 fully saturated rings. The quantitative estimate of drug-likeness (QED) is 0.857. The largest absolute Gasteiger partial charge is 0.476 e. The van der Waals surface area contributed by atoms with E-state index in [4.69, 9.17) is 4.74 Å². The van der Waals surface area contributed by atoms with Gasteiger partial charge in [-0.15, -0.1) is 5.10 Å². The van der Waals surface area contributed by atoms with E-state index in [9.17, 15) is 4.79 Å². The van der Waals surface area contributed by atoms with Gasteiger partial charge in [0, 0.05) is 30.5 Å². The summed E-state index contributed by atoms with van der Waals surface area (Å²) in [5, 5.41) is 8.41. The van der Waals surface area contributed by atoms with Crippen molar-refractivity contribution in [3.63, 3.8) is 0 Å². The van der Waals surface area contributed by atoms with Crippen molar-refractivity contribution >= 4 is 5.91 Å². The number of piperidine rings is 1. The molecule has 0 bridgehead atoms. The molecule has 0 aromatic carbocycles. The Morgan fingerprint density at radius 3 is 2.39 bits per heavy atom. The highest BCUT2D eigenvalue weighted by Gasteiger charge is 2.34. The first-order valence-electron chi connectivity index (χ1n) is 8.69. The number of ether oxygens (including phenoxy) is 1. The van der Waals surface area contributed by atoms with Crippen LogP contribution in [0.1, 0.15) is 52.1 Å². The average Bonchev–Trinajstić information content (AvgIpc) is 3.37. The zero-order valence-electron chi connectivity index (χ0n) is 14.4. The Hall–Kier alpha value is -1.65. The standard InChI is InChI=1S/C18H27N3O2/c1-18(2,3)15-6-7-16(20-19-15)23-12-13-8-10-21(11-9-13)17(22)14-4-5-14/h6-7,13-14H,4-5,8-12H2,1-3H3. The fourth-order valence-electron chi connectivity index (χ4n) is 2.91. The van der Waals surface area contributed by atoms with Gasteiger partial charge in [-0.05, 0) is 37.7 Å². The number of hydrogen-bond donors (Lipinski definition) is 0. The maximum absolute atomic E-state index is 12.0. The summed E-state index contributed by atoms with van der Waals surface area (Å²) in [4.78, 5) is 14.1. The smallest absolute Gasteiger partial charge is 0.233 e. The van der Waals surface area contributed by atoms with Crippen molar-refractivity contribution in [1.82, 2.24) is 15.1 Å². The first-order chi connectivity index (χ1) is 10.9. The monoisotopic (exact) mass is 317 g/mol. The zero-order chi connectivity index (χ0) is 16.4. The third-order valence-corrected chi connectivity index (χ3v) is 4.73. The van der Waals surface area contributed by atoms with Gasteiger partial charge < -0.3 is 9.64 Å². The number of likely N-dealkylation sites (tertiary alicyclic amines) is 1. The van der Waals surface area contributed by atoms with Crippen molar-refractivity contribution in [1.29, 1.82) is 0 Å². The fourth-order valence-corrected chi connectivity index (χ4v) is 2.91. The van der Waals surface area contributed by atoms with Crippen LogP contribution >= 0.6 is 0 Å². The molecule has 0 N–H and O–H groups in total. The minimum absolute atomic E-state index is 0.00640. The third-order valence-electron chi connectivity index (χ3n) is 4.73. The maximum atomic E-state index is 12.0. The Balaban J connectivity index is 1.43. The highest BCUT2D eigenvalue weighted by atomic mass is 16.5. The number of carbonyl (C=O) groups excluding carboxylic acids is 1.